The number of benzene rings is 1. The molecule has 1 unspecified atom stereocenters. The zero-order valence-corrected chi connectivity index (χ0v) is 18.5. The normalized spacial score (nSPS) is 16.1. The van der Waals surface area contributed by atoms with Crippen molar-refractivity contribution in [2.24, 2.45) is 11.0 Å². The van der Waals surface area contributed by atoms with E-state index in [1.165, 1.54) is 19.1 Å². The average molecular weight is 437 g/mol. The molecule has 1 saturated carbocycles. The molecule has 30 heavy (non-hydrogen) atoms. The third kappa shape index (κ3) is 8.28. The van der Waals surface area contributed by atoms with Crippen LogP contribution in [-0.4, -0.2) is 24.7 Å². The van der Waals surface area contributed by atoms with E-state index in [4.69, 9.17) is 10.1 Å². The third-order valence-electron chi connectivity index (χ3n) is 4.65. The van der Waals surface area contributed by atoms with E-state index in [2.05, 4.69) is 20.4 Å². The summed E-state index contributed by atoms with van der Waals surface area (Å²) in [5.74, 6) is -0.579. The minimum Gasteiger partial charge on any atom is -0.326 e. The monoisotopic (exact) mass is 437 g/mol. The quantitative estimate of drug-likeness (QED) is 0.147. The second-order valence-corrected chi connectivity index (χ2v) is 10.1. The Morgan fingerprint density at radius 1 is 1.47 bits per heavy atom. The predicted octanol–water partition coefficient (Wildman–Crippen LogP) is 5.53. The van der Waals surface area contributed by atoms with Crippen LogP contribution in [0.3, 0.4) is 0 Å². The van der Waals surface area contributed by atoms with Crippen LogP contribution < -0.4 is 10.4 Å². The number of hydrogen-bond acceptors (Lipinski definition) is 4. The van der Waals surface area contributed by atoms with Gasteiger partial charge in [0.2, 0.25) is 5.91 Å². The molecule has 164 valence electrons. The van der Waals surface area contributed by atoms with E-state index in [0.717, 1.165) is 24.5 Å². The van der Waals surface area contributed by atoms with Crippen molar-refractivity contribution < 1.29 is 18.3 Å². The molecule has 10 heteroatoms. The van der Waals surface area contributed by atoms with Gasteiger partial charge in [-0.05, 0) is 63.6 Å². The molecule has 1 aliphatic rings. The van der Waals surface area contributed by atoms with Crippen molar-refractivity contribution in [3.63, 3.8) is 0 Å². The van der Waals surface area contributed by atoms with Crippen LogP contribution in [0.15, 0.2) is 35.0 Å². The van der Waals surface area contributed by atoms with E-state index in [9.17, 15) is 13.8 Å². The molecule has 2 atom stereocenters. The molecule has 8 nitrogen and oxygen atoms in total. The van der Waals surface area contributed by atoms with Crippen LogP contribution in [0, 0.1) is 11.7 Å². The lowest BCUT2D eigenvalue weighted by Gasteiger charge is -2.20. The minimum atomic E-state index is -3.11. The summed E-state index contributed by atoms with van der Waals surface area (Å²) in [6, 6.07) is 3.24. The first-order valence-corrected chi connectivity index (χ1v) is 11.8. The van der Waals surface area contributed by atoms with Gasteiger partial charge in [0, 0.05) is 28.9 Å². The summed E-state index contributed by atoms with van der Waals surface area (Å²) in [4.78, 5) is 14.4. The molecule has 1 amide bonds. The summed E-state index contributed by atoms with van der Waals surface area (Å²) < 4.78 is 33.3. The van der Waals surface area contributed by atoms with Crippen molar-refractivity contribution in [1.29, 1.82) is 0 Å². The standard InChI is InChI=1S/C20H29FN5O3P/c1-14(2)5-4-10-30(28,23-12-16-6-7-16)29-13-17-8-9-18(11-19(17)21)24-20(27)15(3)25-26-22/h5,8-9,11,15-16H,4,6-7,10,12-13H2,1-3H3,(H,23,28)(H,24,27)/t15-,30?/m0/s1. The highest BCUT2D eigenvalue weighted by atomic mass is 31.2. The second kappa shape index (κ2) is 11.3. The van der Waals surface area contributed by atoms with Crippen LogP contribution in [-0.2, 0) is 20.5 Å². The molecule has 0 radical (unpaired) electrons. The number of carbonyl (C=O) groups excluding carboxylic acids is 1. The zero-order valence-electron chi connectivity index (χ0n) is 17.6. The fourth-order valence-electron chi connectivity index (χ4n) is 2.60. The van der Waals surface area contributed by atoms with Crippen molar-refractivity contribution in [2.75, 3.05) is 18.0 Å². The fourth-order valence-corrected chi connectivity index (χ4v) is 4.33. The number of nitrogens with zero attached hydrogens (tertiary/aromatic N) is 3. The van der Waals surface area contributed by atoms with Crippen molar-refractivity contribution in [1.82, 2.24) is 5.09 Å². The highest BCUT2D eigenvalue weighted by molar-refractivity contribution is 7.56. The largest absolute Gasteiger partial charge is 0.326 e. The van der Waals surface area contributed by atoms with Gasteiger partial charge < -0.3 is 9.84 Å². The van der Waals surface area contributed by atoms with E-state index in [-0.39, 0.29) is 17.9 Å². The highest BCUT2D eigenvalue weighted by Crippen LogP contribution is 2.45. The van der Waals surface area contributed by atoms with E-state index in [1.807, 2.05) is 19.9 Å². The molecule has 1 fully saturated rings. The van der Waals surface area contributed by atoms with Gasteiger partial charge in [-0.3, -0.25) is 9.36 Å². The molecule has 1 aliphatic carbocycles. The topological polar surface area (TPSA) is 116 Å². The number of amides is 1. The lowest BCUT2D eigenvalue weighted by atomic mass is 10.2. The zero-order chi connectivity index (χ0) is 22.1. The molecule has 0 heterocycles. The summed E-state index contributed by atoms with van der Waals surface area (Å²) in [5, 5.41) is 8.85. The number of nitrogens with one attached hydrogen (secondary N) is 2. The molecule has 0 bridgehead atoms. The number of azide groups is 1. The molecule has 1 aromatic rings. The summed E-state index contributed by atoms with van der Waals surface area (Å²) in [7, 11) is -3.11. The smallest absolute Gasteiger partial charge is 0.270 e. The summed E-state index contributed by atoms with van der Waals surface area (Å²) in [5.41, 5.74) is 10.0. The van der Waals surface area contributed by atoms with Crippen LogP contribution in [0.1, 0.15) is 45.6 Å². The molecule has 0 aliphatic heterocycles. The van der Waals surface area contributed by atoms with E-state index in [0.29, 0.717) is 25.0 Å². The maximum Gasteiger partial charge on any atom is 0.270 e. The molecule has 2 rings (SSSR count). The van der Waals surface area contributed by atoms with Crippen LogP contribution in [0.5, 0.6) is 0 Å². The number of halogens is 1. The number of anilines is 1. The lowest BCUT2D eigenvalue weighted by molar-refractivity contribution is -0.117. The highest BCUT2D eigenvalue weighted by Gasteiger charge is 2.28. The summed E-state index contributed by atoms with van der Waals surface area (Å²) in [6.45, 7) is 5.90. The maximum atomic E-state index is 14.5. The van der Waals surface area contributed by atoms with Gasteiger partial charge in [-0.15, -0.1) is 0 Å². The molecular formula is C20H29FN5O3P. The van der Waals surface area contributed by atoms with Gasteiger partial charge in [-0.1, -0.05) is 22.8 Å². The Balaban J connectivity index is 1.99. The van der Waals surface area contributed by atoms with Crippen molar-refractivity contribution in [3.05, 3.63) is 51.7 Å². The minimum absolute atomic E-state index is 0.140. The second-order valence-electron chi connectivity index (χ2n) is 7.72. The first-order chi connectivity index (χ1) is 14.2. The van der Waals surface area contributed by atoms with Gasteiger partial charge in [0.25, 0.3) is 7.52 Å². The van der Waals surface area contributed by atoms with Crippen molar-refractivity contribution in [2.45, 2.75) is 52.7 Å². The Labute approximate surface area is 176 Å². The lowest BCUT2D eigenvalue weighted by Crippen LogP contribution is -2.23. The molecule has 0 saturated heterocycles. The number of hydrogen-bond donors (Lipinski definition) is 2. The van der Waals surface area contributed by atoms with Crippen LogP contribution in [0.25, 0.3) is 10.4 Å². The van der Waals surface area contributed by atoms with Crippen molar-refractivity contribution >= 4 is 19.1 Å². The van der Waals surface area contributed by atoms with E-state index in [1.54, 1.807) is 0 Å². The van der Waals surface area contributed by atoms with E-state index >= 15 is 0 Å². The van der Waals surface area contributed by atoms with Gasteiger partial charge in [0.05, 0.1) is 6.61 Å². The Bertz CT molecular complexity index is 877. The number of carbonyl (C=O) groups is 1. The molecular weight excluding hydrogens is 408 g/mol. The molecule has 2 N–H and O–H groups in total. The Morgan fingerprint density at radius 2 is 2.20 bits per heavy atom. The van der Waals surface area contributed by atoms with Gasteiger partial charge in [0.1, 0.15) is 11.9 Å². The first kappa shape index (κ1) is 24.1. The van der Waals surface area contributed by atoms with Crippen molar-refractivity contribution in [3.8, 4) is 0 Å². The predicted molar refractivity (Wildman–Crippen MR) is 116 cm³/mol. The third-order valence-corrected chi connectivity index (χ3v) is 6.70. The van der Waals surface area contributed by atoms with Gasteiger partial charge in [-0.2, -0.15) is 0 Å². The average Bonchev–Trinajstić information content (AvgIpc) is 3.50. The molecule has 1 aromatic carbocycles. The van der Waals surface area contributed by atoms with Crippen LogP contribution in [0.4, 0.5) is 10.1 Å². The molecule has 0 spiro atoms. The van der Waals surface area contributed by atoms with Crippen LogP contribution >= 0.6 is 7.52 Å². The van der Waals surface area contributed by atoms with E-state index < -0.39 is 25.3 Å². The Kier molecular flexibility index (Phi) is 9.06. The number of allylic oxidation sites excluding steroid dienone is 2. The summed E-state index contributed by atoms with van der Waals surface area (Å²) >= 11 is 0. The fraction of sp³-hybridized carbons (Fsp3) is 0.550. The van der Waals surface area contributed by atoms with Gasteiger partial charge in [-0.25, -0.2) is 9.48 Å². The maximum absolute atomic E-state index is 14.5. The Hall–Kier alpha value is -2.18. The summed E-state index contributed by atoms with van der Waals surface area (Å²) in [6.07, 6.45) is 5.22. The molecule has 0 aromatic heterocycles. The Morgan fingerprint density at radius 3 is 2.80 bits per heavy atom. The SMILES string of the molecule is CC(C)=CCCP(=O)(NCC1CC1)OCc1ccc(NC(=O)[C@H](C)N=[N+]=[N-])cc1F. The number of rotatable bonds is 12. The first-order valence-electron chi connectivity index (χ1n) is 9.98. The van der Waals surface area contributed by atoms with Gasteiger partial charge >= 0.3 is 0 Å². The van der Waals surface area contributed by atoms with Gasteiger partial charge in [0.15, 0.2) is 0 Å². The van der Waals surface area contributed by atoms with Crippen LogP contribution in [0.2, 0.25) is 0 Å².